The van der Waals surface area contributed by atoms with Crippen LogP contribution in [0.2, 0.25) is 0 Å². The van der Waals surface area contributed by atoms with E-state index in [1.165, 1.54) is 25.7 Å². The molecule has 0 aromatic rings. The van der Waals surface area contributed by atoms with Gasteiger partial charge in [0.25, 0.3) is 0 Å². The Hall–Kier alpha value is -0.570. The summed E-state index contributed by atoms with van der Waals surface area (Å²) in [7, 11) is 0. The number of hydrogen-bond acceptors (Lipinski definition) is 2. The number of carbonyl (C=O) groups is 1. The van der Waals surface area contributed by atoms with E-state index in [4.69, 9.17) is 0 Å². The van der Waals surface area contributed by atoms with Crippen molar-refractivity contribution in [2.24, 2.45) is 0 Å². The Morgan fingerprint density at radius 1 is 1.33 bits per heavy atom. The molecule has 1 fully saturated rings. The SMILES string of the molecule is CC(=O)NCCNC1CCCC1. The van der Waals surface area contributed by atoms with Crippen molar-refractivity contribution in [1.82, 2.24) is 10.6 Å². The highest BCUT2D eigenvalue weighted by molar-refractivity contribution is 5.72. The number of rotatable bonds is 4. The van der Waals surface area contributed by atoms with Crippen molar-refractivity contribution in [1.29, 1.82) is 0 Å². The molecule has 0 aliphatic heterocycles. The monoisotopic (exact) mass is 170 g/mol. The Labute approximate surface area is 73.9 Å². The number of nitrogens with one attached hydrogen (secondary N) is 2. The maximum absolute atomic E-state index is 10.5. The van der Waals surface area contributed by atoms with Gasteiger partial charge in [-0.15, -0.1) is 0 Å². The Morgan fingerprint density at radius 2 is 2.00 bits per heavy atom. The molecule has 12 heavy (non-hydrogen) atoms. The van der Waals surface area contributed by atoms with Crippen LogP contribution in [0.1, 0.15) is 32.6 Å². The second kappa shape index (κ2) is 5.14. The van der Waals surface area contributed by atoms with E-state index in [9.17, 15) is 4.79 Å². The predicted octanol–water partition coefficient (Wildman–Crippen LogP) is 0.655. The number of carbonyl (C=O) groups excluding carboxylic acids is 1. The van der Waals surface area contributed by atoms with Gasteiger partial charge >= 0.3 is 0 Å². The molecule has 1 rings (SSSR count). The maximum Gasteiger partial charge on any atom is 0.216 e. The summed E-state index contributed by atoms with van der Waals surface area (Å²) in [5.74, 6) is 0.0585. The molecule has 0 saturated heterocycles. The van der Waals surface area contributed by atoms with Crippen molar-refractivity contribution in [2.75, 3.05) is 13.1 Å². The van der Waals surface area contributed by atoms with Gasteiger partial charge in [-0.1, -0.05) is 12.8 Å². The predicted molar refractivity (Wildman–Crippen MR) is 48.9 cm³/mol. The highest BCUT2D eigenvalue weighted by Gasteiger charge is 2.12. The average molecular weight is 170 g/mol. The largest absolute Gasteiger partial charge is 0.355 e. The average Bonchev–Trinajstić information content (AvgIpc) is 2.49. The fourth-order valence-corrected chi connectivity index (χ4v) is 1.64. The lowest BCUT2D eigenvalue weighted by atomic mass is 10.2. The Bertz CT molecular complexity index is 141. The first kappa shape index (κ1) is 9.52. The molecule has 1 aliphatic carbocycles. The zero-order chi connectivity index (χ0) is 8.81. The molecule has 0 aromatic carbocycles. The lowest BCUT2D eigenvalue weighted by Gasteiger charge is -2.11. The Kier molecular flexibility index (Phi) is 4.08. The first-order chi connectivity index (χ1) is 5.79. The molecule has 0 atom stereocenters. The summed E-state index contributed by atoms with van der Waals surface area (Å²) >= 11 is 0. The molecule has 0 spiro atoms. The van der Waals surface area contributed by atoms with Crippen LogP contribution in [-0.4, -0.2) is 25.0 Å². The standard InChI is InChI=1S/C9H18N2O/c1-8(12)10-6-7-11-9-4-2-3-5-9/h9,11H,2-7H2,1H3,(H,10,12). The Balaban J connectivity index is 1.91. The lowest BCUT2D eigenvalue weighted by Crippen LogP contribution is -2.34. The third-order valence-corrected chi connectivity index (χ3v) is 2.29. The minimum atomic E-state index is 0.0585. The molecule has 3 nitrogen and oxygen atoms in total. The molecule has 70 valence electrons. The van der Waals surface area contributed by atoms with Crippen molar-refractivity contribution in [3.8, 4) is 0 Å². The number of amides is 1. The van der Waals surface area contributed by atoms with Crippen molar-refractivity contribution >= 4 is 5.91 Å². The van der Waals surface area contributed by atoms with Crippen molar-refractivity contribution in [3.63, 3.8) is 0 Å². The summed E-state index contributed by atoms with van der Waals surface area (Å²) in [6, 6.07) is 0.707. The van der Waals surface area contributed by atoms with E-state index in [2.05, 4.69) is 10.6 Å². The Morgan fingerprint density at radius 3 is 2.58 bits per heavy atom. The highest BCUT2D eigenvalue weighted by atomic mass is 16.1. The van der Waals surface area contributed by atoms with Crippen LogP contribution in [0.4, 0.5) is 0 Å². The van der Waals surface area contributed by atoms with Crippen LogP contribution in [0.15, 0.2) is 0 Å². The van der Waals surface area contributed by atoms with Crippen LogP contribution in [0.25, 0.3) is 0 Å². The van der Waals surface area contributed by atoms with Gasteiger partial charge in [0.15, 0.2) is 0 Å². The summed E-state index contributed by atoms with van der Waals surface area (Å²) in [4.78, 5) is 10.5. The van der Waals surface area contributed by atoms with Gasteiger partial charge in [-0.05, 0) is 12.8 Å². The smallest absolute Gasteiger partial charge is 0.216 e. The topological polar surface area (TPSA) is 41.1 Å². The molecule has 0 heterocycles. The first-order valence-corrected chi connectivity index (χ1v) is 4.77. The second-order valence-electron chi connectivity index (χ2n) is 3.42. The van der Waals surface area contributed by atoms with E-state index >= 15 is 0 Å². The van der Waals surface area contributed by atoms with Crippen LogP contribution in [0.5, 0.6) is 0 Å². The summed E-state index contributed by atoms with van der Waals surface area (Å²) < 4.78 is 0. The molecule has 0 radical (unpaired) electrons. The van der Waals surface area contributed by atoms with Crippen LogP contribution in [0.3, 0.4) is 0 Å². The van der Waals surface area contributed by atoms with Crippen molar-refractivity contribution < 1.29 is 4.79 Å². The van der Waals surface area contributed by atoms with Gasteiger partial charge in [-0.25, -0.2) is 0 Å². The van der Waals surface area contributed by atoms with E-state index in [1.54, 1.807) is 6.92 Å². The summed E-state index contributed by atoms with van der Waals surface area (Å²) in [5, 5.41) is 6.19. The summed E-state index contributed by atoms with van der Waals surface area (Å²) in [6.45, 7) is 3.21. The van der Waals surface area contributed by atoms with Gasteiger partial charge in [0.2, 0.25) is 5.91 Å². The van der Waals surface area contributed by atoms with Crippen molar-refractivity contribution in [2.45, 2.75) is 38.6 Å². The molecule has 1 saturated carbocycles. The maximum atomic E-state index is 10.5. The zero-order valence-electron chi connectivity index (χ0n) is 7.73. The molecule has 0 aromatic heterocycles. The van der Waals surface area contributed by atoms with Crippen LogP contribution in [-0.2, 0) is 4.79 Å². The van der Waals surface area contributed by atoms with Crippen LogP contribution >= 0.6 is 0 Å². The quantitative estimate of drug-likeness (QED) is 0.608. The molecular weight excluding hydrogens is 152 g/mol. The molecule has 1 aliphatic rings. The zero-order valence-corrected chi connectivity index (χ0v) is 7.73. The number of hydrogen-bond donors (Lipinski definition) is 2. The van der Waals surface area contributed by atoms with Crippen LogP contribution in [0, 0.1) is 0 Å². The van der Waals surface area contributed by atoms with Gasteiger partial charge in [0.05, 0.1) is 0 Å². The van der Waals surface area contributed by atoms with Crippen molar-refractivity contribution in [3.05, 3.63) is 0 Å². The second-order valence-corrected chi connectivity index (χ2v) is 3.42. The molecule has 0 bridgehead atoms. The molecule has 3 heteroatoms. The third-order valence-electron chi connectivity index (χ3n) is 2.29. The van der Waals surface area contributed by atoms with E-state index in [0.717, 1.165) is 13.1 Å². The molecule has 1 amide bonds. The van der Waals surface area contributed by atoms with E-state index in [-0.39, 0.29) is 5.91 Å². The highest BCUT2D eigenvalue weighted by Crippen LogP contribution is 2.16. The van der Waals surface area contributed by atoms with Gasteiger partial charge in [-0.2, -0.15) is 0 Å². The van der Waals surface area contributed by atoms with Gasteiger partial charge in [-0.3, -0.25) is 4.79 Å². The van der Waals surface area contributed by atoms with E-state index in [0.29, 0.717) is 6.04 Å². The molecule has 0 unspecified atom stereocenters. The fraction of sp³-hybridized carbons (Fsp3) is 0.889. The molecule has 2 N–H and O–H groups in total. The summed E-state index contributed by atoms with van der Waals surface area (Å²) in [5.41, 5.74) is 0. The minimum Gasteiger partial charge on any atom is -0.355 e. The lowest BCUT2D eigenvalue weighted by molar-refractivity contribution is -0.118. The fourth-order valence-electron chi connectivity index (χ4n) is 1.64. The molecular formula is C9H18N2O. The minimum absolute atomic E-state index is 0.0585. The normalized spacial score (nSPS) is 18.1. The first-order valence-electron chi connectivity index (χ1n) is 4.77. The summed E-state index contributed by atoms with van der Waals surface area (Å²) in [6.07, 6.45) is 5.33. The van der Waals surface area contributed by atoms with Gasteiger partial charge in [0, 0.05) is 26.1 Å². The van der Waals surface area contributed by atoms with Crippen LogP contribution < -0.4 is 10.6 Å². The van der Waals surface area contributed by atoms with Gasteiger partial charge < -0.3 is 10.6 Å². The van der Waals surface area contributed by atoms with Gasteiger partial charge in [0.1, 0.15) is 0 Å². The van der Waals surface area contributed by atoms with E-state index < -0.39 is 0 Å². The third kappa shape index (κ3) is 3.72. The van der Waals surface area contributed by atoms with E-state index in [1.807, 2.05) is 0 Å².